The first kappa shape index (κ1) is 30.2. The van der Waals surface area contributed by atoms with E-state index in [9.17, 15) is 4.79 Å². The molecule has 0 spiro atoms. The lowest BCUT2D eigenvalue weighted by molar-refractivity contribution is -0.112. The minimum atomic E-state index is 0.0971. The summed E-state index contributed by atoms with van der Waals surface area (Å²) in [4.78, 5) is 15.9. The number of ether oxygens (including phenoxy) is 4. The van der Waals surface area contributed by atoms with Crippen molar-refractivity contribution >= 4 is 33.9 Å². The molecule has 0 N–H and O–H groups in total. The number of likely N-dealkylation sites (tertiary alicyclic amines) is 1. The van der Waals surface area contributed by atoms with Crippen LogP contribution < -0.4 is 18.9 Å². The monoisotopic (exact) mass is 611 g/mol. The summed E-state index contributed by atoms with van der Waals surface area (Å²) in [6.45, 7) is 4.76. The number of hydrogen-bond acceptors (Lipinski definition) is 6. The molecule has 0 bridgehead atoms. The number of methoxy groups -OCH3 is 2. The molecule has 0 atom stereocenters. The zero-order chi connectivity index (χ0) is 28.2. The third-order valence-electron chi connectivity index (χ3n) is 7.39. The maximum absolute atomic E-state index is 13.4. The average Bonchev–Trinajstić information content (AvgIpc) is 2.99. The van der Waals surface area contributed by atoms with Gasteiger partial charge in [-0.2, -0.15) is 0 Å². The van der Waals surface area contributed by atoms with Gasteiger partial charge in [0.05, 0.1) is 27.4 Å². The SMILES string of the molecule is COc1cc(/C=C2\CCC/C(=C\c3ccc(OCCCN4CCCCC4)c(OC)c3)C2=O)ccc1OCCCBr. The Morgan fingerprint density at radius 1 is 0.750 bits per heavy atom. The van der Waals surface area contributed by atoms with Crippen molar-refractivity contribution < 1.29 is 23.7 Å². The van der Waals surface area contributed by atoms with Gasteiger partial charge in [0.25, 0.3) is 0 Å². The second-order valence-corrected chi connectivity index (χ2v) is 11.1. The molecule has 1 aliphatic heterocycles. The molecule has 0 radical (unpaired) electrons. The molecule has 2 fully saturated rings. The van der Waals surface area contributed by atoms with E-state index < -0.39 is 0 Å². The van der Waals surface area contributed by atoms with E-state index in [1.807, 2.05) is 48.6 Å². The van der Waals surface area contributed by atoms with Crippen molar-refractivity contribution in [1.29, 1.82) is 0 Å². The van der Waals surface area contributed by atoms with Gasteiger partial charge in [0.1, 0.15) is 0 Å². The maximum Gasteiger partial charge on any atom is 0.185 e. The molecule has 6 nitrogen and oxygen atoms in total. The van der Waals surface area contributed by atoms with Gasteiger partial charge in [-0.1, -0.05) is 34.5 Å². The van der Waals surface area contributed by atoms with Crippen molar-refractivity contribution in [2.75, 3.05) is 52.4 Å². The summed E-state index contributed by atoms with van der Waals surface area (Å²) in [5.74, 6) is 2.91. The normalized spacial score (nSPS) is 18.2. The van der Waals surface area contributed by atoms with E-state index in [1.165, 1.54) is 32.4 Å². The molecule has 0 unspecified atom stereocenters. The van der Waals surface area contributed by atoms with E-state index in [4.69, 9.17) is 18.9 Å². The number of alkyl halides is 1. The number of Topliss-reactive ketones (excluding diaryl/α,β-unsaturated/α-hetero) is 1. The molecule has 1 aliphatic carbocycles. The van der Waals surface area contributed by atoms with Gasteiger partial charge in [0.2, 0.25) is 0 Å². The van der Waals surface area contributed by atoms with Crippen LogP contribution in [0, 0.1) is 0 Å². The van der Waals surface area contributed by atoms with Crippen molar-refractivity contribution in [2.45, 2.75) is 51.4 Å². The molecule has 7 heteroatoms. The topological polar surface area (TPSA) is 57.2 Å². The van der Waals surface area contributed by atoms with Gasteiger partial charge >= 0.3 is 0 Å². The van der Waals surface area contributed by atoms with Gasteiger partial charge in [0, 0.05) is 23.0 Å². The second kappa shape index (κ2) is 15.9. The van der Waals surface area contributed by atoms with E-state index in [-0.39, 0.29) is 5.78 Å². The molecule has 2 aliphatic rings. The number of hydrogen-bond donors (Lipinski definition) is 0. The molecule has 1 heterocycles. The van der Waals surface area contributed by atoms with E-state index in [0.29, 0.717) is 30.5 Å². The first-order valence-corrected chi connectivity index (χ1v) is 15.6. The summed E-state index contributed by atoms with van der Waals surface area (Å²) < 4.78 is 23.0. The Labute approximate surface area is 247 Å². The Hall–Kier alpha value is -2.77. The number of benzene rings is 2. The Bertz CT molecular complexity index is 1190. The molecule has 216 valence electrons. The Balaban J connectivity index is 1.40. The molecule has 4 rings (SSSR count). The van der Waals surface area contributed by atoms with Crippen molar-refractivity contribution in [3.63, 3.8) is 0 Å². The molecule has 1 saturated carbocycles. The van der Waals surface area contributed by atoms with Gasteiger partial charge < -0.3 is 23.8 Å². The van der Waals surface area contributed by atoms with E-state index >= 15 is 0 Å². The lowest BCUT2D eigenvalue weighted by Crippen LogP contribution is -2.31. The zero-order valence-electron chi connectivity index (χ0n) is 23.9. The summed E-state index contributed by atoms with van der Waals surface area (Å²) in [5, 5.41) is 0.890. The number of ketones is 1. The average molecular weight is 613 g/mol. The highest BCUT2D eigenvalue weighted by molar-refractivity contribution is 9.09. The number of rotatable bonds is 13. The van der Waals surface area contributed by atoms with Crippen LogP contribution in [0.25, 0.3) is 12.2 Å². The lowest BCUT2D eigenvalue weighted by Gasteiger charge is -2.26. The number of halogens is 1. The minimum Gasteiger partial charge on any atom is -0.493 e. The fourth-order valence-electron chi connectivity index (χ4n) is 5.26. The molecular weight excluding hydrogens is 570 g/mol. The van der Waals surface area contributed by atoms with Gasteiger partial charge in [0.15, 0.2) is 28.8 Å². The fourth-order valence-corrected chi connectivity index (χ4v) is 5.49. The Morgan fingerprint density at radius 2 is 1.30 bits per heavy atom. The van der Waals surface area contributed by atoms with Crippen molar-refractivity contribution in [2.24, 2.45) is 0 Å². The first-order valence-electron chi connectivity index (χ1n) is 14.5. The first-order chi connectivity index (χ1) is 19.6. The quantitative estimate of drug-likeness (QED) is 0.134. The summed E-state index contributed by atoms with van der Waals surface area (Å²) in [6, 6.07) is 11.7. The molecular formula is C33H42BrNO5. The molecule has 40 heavy (non-hydrogen) atoms. The van der Waals surface area contributed by atoms with Crippen LogP contribution in [0.5, 0.6) is 23.0 Å². The Morgan fingerprint density at radius 3 is 1.82 bits per heavy atom. The van der Waals surface area contributed by atoms with Crippen LogP contribution in [0.4, 0.5) is 0 Å². The lowest BCUT2D eigenvalue weighted by atomic mass is 9.87. The van der Waals surface area contributed by atoms with Crippen LogP contribution in [-0.2, 0) is 4.79 Å². The van der Waals surface area contributed by atoms with Gasteiger partial charge in [-0.05, 0) is 106 Å². The van der Waals surface area contributed by atoms with E-state index in [1.54, 1.807) is 14.2 Å². The summed E-state index contributed by atoms with van der Waals surface area (Å²) in [5.41, 5.74) is 3.50. The second-order valence-electron chi connectivity index (χ2n) is 10.3. The van der Waals surface area contributed by atoms with Crippen molar-refractivity contribution in [1.82, 2.24) is 4.90 Å². The standard InChI is InChI=1S/C33H42BrNO5/c1-37-31-23-25(11-13-29(31)39-19-7-15-34)21-27-9-6-10-28(33(27)36)22-26-12-14-30(32(24-26)38-2)40-20-8-18-35-16-4-3-5-17-35/h11-14,21-24H,3-10,15-20H2,1-2H3/b27-21+,28-22+. The zero-order valence-corrected chi connectivity index (χ0v) is 25.5. The number of carbonyl (C=O) groups excluding carboxylic acids is 1. The summed E-state index contributed by atoms with van der Waals surface area (Å²) in [6.07, 6.45) is 12.3. The predicted molar refractivity (Wildman–Crippen MR) is 165 cm³/mol. The highest BCUT2D eigenvalue weighted by Gasteiger charge is 2.21. The van der Waals surface area contributed by atoms with Crippen LogP contribution in [0.3, 0.4) is 0 Å². The van der Waals surface area contributed by atoms with Crippen molar-refractivity contribution in [3.8, 4) is 23.0 Å². The van der Waals surface area contributed by atoms with Crippen LogP contribution in [0.1, 0.15) is 62.5 Å². The maximum atomic E-state index is 13.4. The van der Waals surface area contributed by atoms with Gasteiger partial charge in [-0.3, -0.25) is 4.79 Å². The number of carbonyl (C=O) groups is 1. The van der Waals surface area contributed by atoms with Crippen LogP contribution >= 0.6 is 15.9 Å². The number of piperidine rings is 1. The van der Waals surface area contributed by atoms with Crippen LogP contribution in [-0.4, -0.2) is 63.1 Å². The summed E-state index contributed by atoms with van der Waals surface area (Å²) in [7, 11) is 3.29. The smallest absolute Gasteiger partial charge is 0.185 e. The van der Waals surface area contributed by atoms with Crippen LogP contribution in [0.2, 0.25) is 0 Å². The molecule has 2 aromatic carbocycles. The van der Waals surface area contributed by atoms with E-state index in [2.05, 4.69) is 20.8 Å². The van der Waals surface area contributed by atoms with E-state index in [0.717, 1.165) is 72.0 Å². The van der Waals surface area contributed by atoms with Crippen molar-refractivity contribution in [3.05, 3.63) is 58.7 Å². The number of allylic oxidation sites excluding steroid dienone is 2. The van der Waals surface area contributed by atoms with Gasteiger partial charge in [-0.25, -0.2) is 0 Å². The van der Waals surface area contributed by atoms with Gasteiger partial charge in [-0.15, -0.1) is 0 Å². The summed E-state index contributed by atoms with van der Waals surface area (Å²) >= 11 is 3.42. The number of nitrogens with zero attached hydrogens (tertiary/aromatic N) is 1. The third kappa shape index (κ3) is 8.61. The minimum absolute atomic E-state index is 0.0971. The predicted octanol–water partition coefficient (Wildman–Crippen LogP) is 7.34. The Kier molecular flexibility index (Phi) is 12.0. The molecule has 1 saturated heterocycles. The largest absolute Gasteiger partial charge is 0.493 e. The highest BCUT2D eigenvalue weighted by atomic mass is 79.9. The molecule has 0 aromatic heterocycles. The fraction of sp³-hybridized carbons (Fsp3) is 0.485. The highest BCUT2D eigenvalue weighted by Crippen LogP contribution is 2.34. The molecule has 2 aromatic rings. The van der Waals surface area contributed by atoms with Crippen LogP contribution in [0.15, 0.2) is 47.5 Å². The molecule has 0 amide bonds. The third-order valence-corrected chi connectivity index (χ3v) is 7.95.